The van der Waals surface area contributed by atoms with Crippen molar-refractivity contribution in [3.05, 3.63) is 24.3 Å². The number of nitrogens with zero attached hydrogens (tertiary/aromatic N) is 1. The van der Waals surface area contributed by atoms with Crippen LogP contribution in [0.15, 0.2) is 33.6 Å². The van der Waals surface area contributed by atoms with Gasteiger partial charge in [0.05, 0.1) is 4.90 Å². The highest BCUT2D eigenvalue weighted by Crippen LogP contribution is 2.10. The number of hydrogen-bond acceptors (Lipinski definition) is 4. The number of hydrogen-bond donors (Lipinski definition) is 2. The monoisotopic (exact) mass is 241 g/mol. The second-order valence-electron chi connectivity index (χ2n) is 3.46. The molecule has 0 heterocycles. The first kappa shape index (κ1) is 12.9. The molecule has 0 spiro atoms. The molecule has 1 aromatic carbocycles. The third-order valence-electron chi connectivity index (χ3n) is 1.78. The summed E-state index contributed by atoms with van der Waals surface area (Å²) in [5.74, 6) is 0. The highest BCUT2D eigenvalue weighted by molar-refractivity contribution is 7.90. The van der Waals surface area contributed by atoms with Crippen molar-refractivity contribution in [3.63, 3.8) is 0 Å². The second kappa shape index (κ2) is 4.77. The van der Waals surface area contributed by atoms with E-state index < -0.39 is 17.1 Å². The summed E-state index contributed by atoms with van der Waals surface area (Å²) in [6.45, 7) is 3.17. The van der Waals surface area contributed by atoms with Gasteiger partial charge >= 0.3 is 7.12 Å². The van der Waals surface area contributed by atoms with Crippen molar-refractivity contribution in [2.45, 2.75) is 18.7 Å². The van der Waals surface area contributed by atoms with Crippen molar-refractivity contribution >= 4 is 28.3 Å². The van der Waals surface area contributed by atoms with Gasteiger partial charge < -0.3 is 10.0 Å². The maximum absolute atomic E-state index is 11.6. The third kappa shape index (κ3) is 3.16. The van der Waals surface area contributed by atoms with Crippen LogP contribution in [-0.4, -0.2) is 31.3 Å². The van der Waals surface area contributed by atoms with Crippen LogP contribution in [0.25, 0.3) is 0 Å². The lowest BCUT2D eigenvalue weighted by atomic mass is 9.81. The molecule has 0 saturated carbocycles. The lowest BCUT2D eigenvalue weighted by molar-refractivity contribution is 0.425. The van der Waals surface area contributed by atoms with E-state index in [9.17, 15) is 8.42 Å². The minimum atomic E-state index is -3.68. The summed E-state index contributed by atoms with van der Waals surface area (Å²) >= 11 is 0. The molecule has 16 heavy (non-hydrogen) atoms. The summed E-state index contributed by atoms with van der Waals surface area (Å²) in [5.41, 5.74) is 0.669. The Bertz CT molecular complexity index is 489. The van der Waals surface area contributed by atoms with E-state index in [1.807, 2.05) is 0 Å². The standard InChI is InChI=1S/C9H12BNO4S/c1-7(2)11-16(14,15)9-5-3-8(4-6-9)10(12)13/h3-6,12-13H,1-2H3. The zero-order chi connectivity index (χ0) is 12.3. The van der Waals surface area contributed by atoms with Crippen LogP contribution in [0, 0.1) is 0 Å². The molecule has 0 radical (unpaired) electrons. The number of benzene rings is 1. The summed E-state index contributed by atoms with van der Waals surface area (Å²) in [6.07, 6.45) is 0. The molecular formula is C9H12BNO4S. The molecule has 0 aliphatic carbocycles. The van der Waals surface area contributed by atoms with E-state index >= 15 is 0 Å². The Labute approximate surface area is 94.7 Å². The Morgan fingerprint density at radius 2 is 1.69 bits per heavy atom. The molecular weight excluding hydrogens is 229 g/mol. The summed E-state index contributed by atoms with van der Waals surface area (Å²) in [6, 6.07) is 5.24. The average Bonchev–Trinajstić information content (AvgIpc) is 2.16. The van der Waals surface area contributed by atoms with Crippen LogP contribution in [0.1, 0.15) is 13.8 Å². The van der Waals surface area contributed by atoms with Crippen molar-refractivity contribution in [1.82, 2.24) is 0 Å². The molecule has 0 bridgehead atoms. The number of rotatable bonds is 3. The van der Waals surface area contributed by atoms with Crippen LogP contribution < -0.4 is 5.46 Å². The van der Waals surface area contributed by atoms with Crippen LogP contribution in [0.2, 0.25) is 0 Å². The lowest BCUT2D eigenvalue weighted by Gasteiger charge is -2.02. The Kier molecular flexibility index (Phi) is 3.85. The van der Waals surface area contributed by atoms with Gasteiger partial charge in [0, 0.05) is 5.71 Å². The van der Waals surface area contributed by atoms with Crippen LogP contribution >= 0.6 is 0 Å². The van der Waals surface area contributed by atoms with Gasteiger partial charge in [-0.2, -0.15) is 12.8 Å². The van der Waals surface area contributed by atoms with Crippen LogP contribution in [0.4, 0.5) is 0 Å². The quantitative estimate of drug-likeness (QED) is 0.553. The first-order valence-corrected chi connectivity index (χ1v) is 6.01. The third-order valence-corrected chi connectivity index (χ3v) is 3.25. The predicted molar refractivity (Wildman–Crippen MR) is 62.2 cm³/mol. The van der Waals surface area contributed by atoms with Crippen molar-refractivity contribution < 1.29 is 18.5 Å². The van der Waals surface area contributed by atoms with E-state index in [-0.39, 0.29) is 10.4 Å². The summed E-state index contributed by atoms with van der Waals surface area (Å²) in [5, 5.41) is 17.7. The van der Waals surface area contributed by atoms with Gasteiger partial charge in [-0.1, -0.05) is 12.1 Å². The largest absolute Gasteiger partial charge is 0.488 e. The fraction of sp³-hybridized carbons (Fsp3) is 0.222. The summed E-state index contributed by atoms with van der Waals surface area (Å²) in [7, 11) is -5.28. The van der Waals surface area contributed by atoms with Crippen LogP contribution in [0.3, 0.4) is 0 Å². The molecule has 86 valence electrons. The van der Waals surface area contributed by atoms with Gasteiger partial charge in [-0.3, -0.25) is 0 Å². The van der Waals surface area contributed by atoms with Gasteiger partial charge in [0.2, 0.25) is 0 Å². The van der Waals surface area contributed by atoms with E-state index in [0.717, 1.165) is 0 Å². The molecule has 1 aromatic rings. The molecule has 0 fully saturated rings. The van der Waals surface area contributed by atoms with E-state index in [4.69, 9.17) is 10.0 Å². The fourth-order valence-electron chi connectivity index (χ4n) is 1.10. The number of sulfonamides is 1. The van der Waals surface area contributed by atoms with Crippen LogP contribution in [-0.2, 0) is 10.0 Å². The molecule has 0 amide bonds. The molecule has 0 aliphatic heterocycles. The maximum Gasteiger partial charge on any atom is 0.488 e. The van der Waals surface area contributed by atoms with Crippen molar-refractivity contribution in [2.24, 2.45) is 4.40 Å². The molecule has 2 N–H and O–H groups in total. The topological polar surface area (TPSA) is 87.0 Å². The molecule has 0 saturated heterocycles. The zero-order valence-corrected chi connectivity index (χ0v) is 9.77. The van der Waals surface area contributed by atoms with Gasteiger partial charge in [0.1, 0.15) is 0 Å². The average molecular weight is 241 g/mol. The van der Waals surface area contributed by atoms with E-state index in [2.05, 4.69) is 4.40 Å². The van der Waals surface area contributed by atoms with Gasteiger partial charge in [-0.25, -0.2) is 0 Å². The van der Waals surface area contributed by atoms with E-state index in [0.29, 0.717) is 5.71 Å². The molecule has 0 unspecified atom stereocenters. The molecule has 7 heteroatoms. The Morgan fingerprint density at radius 3 is 2.06 bits per heavy atom. The highest BCUT2D eigenvalue weighted by Gasteiger charge is 2.15. The van der Waals surface area contributed by atoms with Gasteiger partial charge in [-0.15, -0.1) is 0 Å². The smallest absolute Gasteiger partial charge is 0.423 e. The lowest BCUT2D eigenvalue weighted by Crippen LogP contribution is -2.29. The first-order chi connectivity index (χ1) is 7.33. The minimum Gasteiger partial charge on any atom is -0.423 e. The molecule has 1 rings (SSSR count). The molecule has 5 nitrogen and oxygen atoms in total. The van der Waals surface area contributed by atoms with Gasteiger partial charge in [-0.05, 0) is 31.4 Å². The Hall–Kier alpha value is -1.18. The van der Waals surface area contributed by atoms with E-state index in [1.54, 1.807) is 13.8 Å². The fourth-order valence-corrected chi connectivity index (χ4v) is 2.17. The van der Waals surface area contributed by atoms with Crippen molar-refractivity contribution in [3.8, 4) is 0 Å². The molecule has 0 aromatic heterocycles. The van der Waals surface area contributed by atoms with E-state index in [1.165, 1.54) is 24.3 Å². The van der Waals surface area contributed by atoms with Gasteiger partial charge in [0.15, 0.2) is 0 Å². The Morgan fingerprint density at radius 1 is 1.19 bits per heavy atom. The molecule has 0 aliphatic rings. The minimum absolute atomic E-state index is 0.0260. The maximum atomic E-state index is 11.6. The first-order valence-electron chi connectivity index (χ1n) is 4.57. The molecule has 0 atom stereocenters. The Balaban J connectivity index is 3.12. The van der Waals surface area contributed by atoms with Crippen molar-refractivity contribution in [2.75, 3.05) is 0 Å². The zero-order valence-electron chi connectivity index (χ0n) is 8.95. The van der Waals surface area contributed by atoms with Crippen LogP contribution in [0.5, 0.6) is 0 Å². The van der Waals surface area contributed by atoms with Gasteiger partial charge in [0.25, 0.3) is 10.0 Å². The summed E-state index contributed by atoms with van der Waals surface area (Å²) < 4.78 is 26.7. The van der Waals surface area contributed by atoms with Crippen molar-refractivity contribution in [1.29, 1.82) is 0 Å². The summed E-state index contributed by atoms with van der Waals surface area (Å²) in [4.78, 5) is 0.0260. The highest BCUT2D eigenvalue weighted by atomic mass is 32.2. The second-order valence-corrected chi connectivity index (χ2v) is 5.06. The normalized spacial score (nSPS) is 11.0. The SMILES string of the molecule is CC(C)=NS(=O)(=O)c1ccc(B(O)O)cc1. The predicted octanol–water partition coefficient (Wildman–Crippen LogP) is -0.464.